The molecule has 0 unspecified atom stereocenters. The van der Waals surface area contributed by atoms with Crippen LogP contribution in [0.3, 0.4) is 0 Å². The molecule has 0 saturated heterocycles. The van der Waals surface area contributed by atoms with E-state index in [1.807, 2.05) is 0 Å². The maximum absolute atomic E-state index is 12.9. The number of carbonyl (C=O) groups is 3. The van der Waals surface area contributed by atoms with Gasteiger partial charge in [0.15, 0.2) is 11.5 Å². The van der Waals surface area contributed by atoms with Gasteiger partial charge < -0.3 is 19.7 Å². The monoisotopic (exact) mass is 625 g/mol. The van der Waals surface area contributed by atoms with Crippen LogP contribution in [0, 0.1) is 0 Å². The highest BCUT2D eigenvalue weighted by molar-refractivity contribution is 9.11. The van der Waals surface area contributed by atoms with Gasteiger partial charge in [0.1, 0.15) is 18.0 Å². The Bertz CT molecular complexity index is 1260. The van der Waals surface area contributed by atoms with Crippen molar-refractivity contribution in [2.75, 3.05) is 18.1 Å². The number of nitrogens with zero attached hydrogens (tertiary/aromatic N) is 1. The molecule has 35 heavy (non-hydrogen) atoms. The summed E-state index contributed by atoms with van der Waals surface area (Å²) in [6, 6.07) is 13.5. The van der Waals surface area contributed by atoms with Crippen LogP contribution in [0.25, 0.3) is 0 Å². The zero-order chi connectivity index (χ0) is 25.7. The van der Waals surface area contributed by atoms with Crippen molar-refractivity contribution in [1.82, 2.24) is 0 Å². The van der Waals surface area contributed by atoms with E-state index in [0.29, 0.717) is 25.3 Å². The van der Waals surface area contributed by atoms with Crippen molar-refractivity contribution < 1.29 is 34.1 Å². The van der Waals surface area contributed by atoms with Crippen LogP contribution in [0.1, 0.15) is 22.8 Å². The molecule has 0 aliphatic heterocycles. The van der Waals surface area contributed by atoms with E-state index in [0.717, 1.165) is 4.90 Å². The first-order valence-corrected chi connectivity index (χ1v) is 12.0. The lowest BCUT2D eigenvalue weighted by Crippen LogP contribution is -2.36. The molecule has 3 rings (SSSR count). The van der Waals surface area contributed by atoms with E-state index in [4.69, 9.17) is 21.1 Å². The van der Waals surface area contributed by atoms with Crippen molar-refractivity contribution in [3.8, 4) is 17.2 Å². The Kier molecular flexibility index (Phi) is 8.76. The Morgan fingerprint density at radius 2 is 1.63 bits per heavy atom. The molecule has 0 heterocycles. The molecule has 1 amide bonds. The number of anilines is 1. The first kappa shape index (κ1) is 26.5. The minimum atomic E-state index is -1.22. The van der Waals surface area contributed by atoms with E-state index < -0.39 is 24.4 Å². The Labute approximate surface area is 222 Å². The van der Waals surface area contributed by atoms with Gasteiger partial charge in [-0.1, -0.05) is 11.6 Å². The lowest BCUT2D eigenvalue weighted by atomic mass is 10.0. The van der Waals surface area contributed by atoms with Crippen LogP contribution in [0.4, 0.5) is 10.5 Å². The Morgan fingerprint density at radius 1 is 1.00 bits per heavy atom. The zero-order valence-corrected chi connectivity index (χ0v) is 22.1. The van der Waals surface area contributed by atoms with Gasteiger partial charge in [-0.15, -0.1) is 0 Å². The molecule has 3 aromatic carbocycles. The summed E-state index contributed by atoms with van der Waals surface area (Å²) in [5, 5.41) is 19.9. The van der Waals surface area contributed by atoms with Gasteiger partial charge in [0.05, 0.1) is 26.8 Å². The van der Waals surface area contributed by atoms with Gasteiger partial charge in [0.2, 0.25) is 0 Å². The van der Waals surface area contributed by atoms with E-state index in [1.165, 1.54) is 30.3 Å². The van der Waals surface area contributed by atoms with Crippen molar-refractivity contribution in [2.24, 2.45) is 0 Å². The fourth-order valence-corrected chi connectivity index (χ4v) is 4.48. The summed E-state index contributed by atoms with van der Waals surface area (Å²) in [6.07, 6.45) is -0.814. The predicted molar refractivity (Wildman–Crippen MR) is 137 cm³/mol. The summed E-state index contributed by atoms with van der Waals surface area (Å²) in [7, 11) is 0. The molecule has 11 heteroatoms. The quantitative estimate of drug-likeness (QED) is 0.269. The Morgan fingerprint density at radius 3 is 2.20 bits per heavy atom. The first-order chi connectivity index (χ1) is 16.6. The molecule has 0 radical (unpaired) electrons. The highest BCUT2D eigenvalue weighted by Crippen LogP contribution is 2.41. The van der Waals surface area contributed by atoms with Gasteiger partial charge in [0, 0.05) is 10.6 Å². The molecule has 2 N–H and O–H groups in total. The summed E-state index contributed by atoms with van der Waals surface area (Å²) in [5.41, 5.74) is 0.621. The number of aromatic hydroxyl groups is 1. The molecule has 3 aromatic rings. The van der Waals surface area contributed by atoms with Crippen molar-refractivity contribution in [3.05, 3.63) is 79.7 Å². The second-order valence-corrected chi connectivity index (χ2v) is 9.18. The average Bonchev–Trinajstić information content (AvgIpc) is 2.80. The predicted octanol–water partition coefficient (Wildman–Crippen LogP) is 6.64. The number of halogens is 3. The van der Waals surface area contributed by atoms with E-state index in [2.05, 4.69) is 31.9 Å². The number of phenols is 1. The summed E-state index contributed by atoms with van der Waals surface area (Å²) in [6.45, 7) is 1.09. The molecule has 0 saturated carbocycles. The highest BCUT2D eigenvalue weighted by atomic mass is 79.9. The maximum Gasteiger partial charge on any atom is 0.414 e. The molecular weight excluding hydrogens is 610 g/mol. The molecule has 0 spiro atoms. The van der Waals surface area contributed by atoms with Crippen LogP contribution in [0.5, 0.6) is 17.2 Å². The molecule has 8 nitrogen and oxygen atoms in total. The average molecular weight is 628 g/mol. The number of amides is 1. The van der Waals surface area contributed by atoms with Gasteiger partial charge >= 0.3 is 12.1 Å². The third kappa shape index (κ3) is 6.53. The van der Waals surface area contributed by atoms with Crippen LogP contribution in [-0.2, 0) is 9.53 Å². The fourth-order valence-electron chi connectivity index (χ4n) is 3.03. The van der Waals surface area contributed by atoms with E-state index >= 15 is 0 Å². The van der Waals surface area contributed by atoms with E-state index in [9.17, 15) is 24.6 Å². The van der Waals surface area contributed by atoms with E-state index in [1.54, 1.807) is 31.2 Å². The number of aliphatic carboxylic acids is 1. The number of ketones is 1. The van der Waals surface area contributed by atoms with Gasteiger partial charge in [0.25, 0.3) is 0 Å². The zero-order valence-electron chi connectivity index (χ0n) is 18.1. The van der Waals surface area contributed by atoms with Crippen molar-refractivity contribution in [2.45, 2.75) is 6.92 Å². The SMILES string of the molecule is CCOC(=O)N(CC(=O)O)c1cc(Br)c(Oc2ccc(O)c(C(=O)c3ccc(Cl)cc3)c2)c(Br)c1. The van der Waals surface area contributed by atoms with Crippen molar-refractivity contribution in [3.63, 3.8) is 0 Å². The largest absolute Gasteiger partial charge is 0.507 e. The van der Waals surface area contributed by atoms with E-state index in [-0.39, 0.29) is 29.4 Å². The first-order valence-electron chi connectivity index (χ1n) is 10.1. The number of phenolic OH excluding ortho intramolecular Hbond substituents is 1. The second kappa shape index (κ2) is 11.6. The summed E-state index contributed by atoms with van der Waals surface area (Å²) < 4.78 is 11.7. The molecule has 0 bridgehead atoms. The second-order valence-electron chi connectivity index (χ2n) is 7.03. The number of carbonyl (C=O) groups excluding carboxylic acids is 2. The molecular formula is C24H18Br2ClNO7. The van der Waals surface area contributed by atoms with Gasteiger partial charge in [-0.25, -0.2) is 4.79 Å². The van der Waals surface area contributed by atoms with Gasteiger partial charge in [-0.05, 0) is 93.4 Å². The van der Waals surface area contributed by atoms with Crippen molar-refractivity contribution >= 4 is 67.0 Å². The summed E-state index contributed by atoms with van der Waals surface area (Å²) >= 11 is 12.6. The summed E-state index contributed by atoms with van der Waals surface area (Å²) in [4.78, 5) is 37.3. The molecule has 0 aromatic heterocycles. The molecule has 0 fully saturated rings. The van der Waals surface area contributed by atoms with Crippen LogP contribution < -0.4 is 9.64 Å². The minimum absolute atomic E-state index is 0.0311. The fraction of sp³-hybridized carbons (Fsp3) is 0.125. The summed E-state index contributed by atoms with van der Waals surface area (Å²) in [5.74, 6) is -1.31. The number of ether oxygens (including phenoxy) is 2. The molecule has 182 valence electrons. The van der Waals surface area contributed by atoms with Gasteiger partial charge in [-0.2, -0.15) is 0 Å². The normalized spacial score (nSPS) is 10.5. The maximum atomic E-state index is 12.9. The molecule has 0 aliphatic carbocycles. The van der Waals surface area contributed by atoms with Crippen LogP contribution in [-0.4, -0.2) is 41.2 Å². The van der Waals surface area contributed by atoms with Crippen molar-refractivity contribution in [1.29, 1.82) is 0 Å². The highest BCUT2D eigenvalue weighted by Gasteiger charge is 2.23. The van der Waals surface area contributed by atoms with Gasteiger partial charge in [-0.3, -0.25) is 14.5 Å². The number of benzene rings is 3. The smallest absolute Gasteiger partial charge is 0.414 e. The molecule has 0 atom stereocenters. The standard InChI is InChI=1S/C24H18Br2ClNO7/c1-2-34-24(33)28(12-21(30)31)15-9-18(25)23(19(26)10-15)35-16-7-8-20(29)17(11-16)22(32)13-3-5-14(27)6-4-13/h3-11,29H,2,12H2,1H3,(H,30,31). The number of rotatable bonds is 8. The lowest BCUT2D eigenvalue weighted by molar-refractivity contribution is -0.135. The lowest BCUT2D eigenvalue weighted by Gasteiger charge is -2.21. The molecule has 0 aliphatic rings. The Hall–Kier alpha value is -3.08. The number of hydrogen-bond donors (Lipinski definition) is 2. The van der Waals surface area contributed by atoms with Crippen LogP contribution >= 0.6 is 43.5 Å². The topological polar surface area (TPSA) is 113 Å². The number of hydrogen-bond acceptors (Lipinski definition) is 6. The number of carboxylic acids is 1. The number of carboxylic acid groups (broad SMARTS) is 1. The van der Waals surface area contributed by atoms with Crippen LogP contribution in [0.2, 0.25) is 5.02 Å². The van der Waals surface area contributed by atoms with Crippen LogP contribution in [0.15, 0.2) is 63.5 Å². The third-order valence-corrected chi connectivity index (χ3v) is 6.05. The minimum Gasteiger partial charge on any atom is -0.507 e. The third-order valence-electron chi connectivity index (χ3n) is 4.62. The Balaban J connectivity index is 1.92.